The third kappa shape index (κ3) is 4.24. The number of hydrogen-bond donors (Lipinski definition) is 2. The van der Waals surface area contributed by atoms with Gasteiger partial charge in [-0.3, -0.25) is 14.3 Å². The van der Waals surface area contributed by atoms with E-state index in [1.165, 1.54) is 10.6 Å². The summed E-state index contributed by atoms with van der Waals surface area (Å²) in [7, 11) is 0. The van der Waals surface area contributed by atoms with Crippen LogP contribution in [0, 0.1) is 4.77 Å². The summed E-state index contributed by atoms with van der Waals surface area (Å²) in [6.45, 7) is 3.76. The van der Waals surface area contributed by atoms with Crippen molar-refractivity contribution in [2.45, 2.75) is 20.3 Å². The van der Waals surface area contributed by atoms with E-state index in [1.807, 2.05) is 44.2 Å². The van der Waals surface area contributed by atoms with E-state index < -0.39 is 5.56 Å². The molecule has 0 atom stereocenters. The number of aromatic nitrogens is 2. The smallest absolute Gasteiger partial charge is 0.262 e. The molecule has 0 amide bonds. The molecule has 4 rings (SSSR count). The molecule has 1 aromatic heterocycles. The largest absolute Gasteiger partial charge is 0.494 e. The molecule has 7 nitrogen and oxygen atoms in total. The maximum absolute atomic E-state index is 12.5. The van der Waals surface area contributed by atoms with Crippen molar-refractivity contribution in [1.29, 1.82) is 0 Å². The molecule has 0 unspecified atom stereocenters. The normalized spacial score (nSPS) is 14.5. The van der Waals surface area contributed by atoms with Crippen LogP contribution >= 0.6 is 12.2 Å². The molecule has 0 bridgehead atoms. The quantitative estimate of drug-likeness (QED) is 0.554. The van der Waals surface area contributed by atoms with Crippen molar-refractivity contribution in [3.05, 3.63) is 81.0 Å². The van der Waals surface area contributed by atoms with Gasteiger partial charge in [-0.2, -0.15) is 0 Å². The van der Waals surface area contributed by atoms with Crippen LogP contribution in [-0.4, -0.2) is 26.2 Å². The average Bonchev–Trinajstić information content (AvgIpc) is 3.12. The predicted octanol–water partition coefficient (Wildman–Crippen LogP) is 5.02. The highest BCUT2D eigenvalue weighted by Gasteiger charge is 2.17. The average molecular weight is 433 g/mol. The molecule has 0 aliphatic carbocycles. The van der Waals surface area contributed by atoms with Gasteiger partial charge in [0.05, 0.1) is 17.1 Å². The molecule has 0 fully saturated rings. The van der Waals surface area contributed by atoms with Gasteiger partial charge < -0.3 is 9.84 Å². The summed E-state index contributed by atoms with van der Waals surface area (Å²) in [6, 6.07) is 16.4. The Morgan fingerprint density at radius 2 is 1.77 bits per heavy atom. The topological polar surface area (TPSA) is 92.0 Å². The molecule has 31 heavy (non-hydrogen) atoms. The second-order valence-electron chi connectivity index (χ2n) is 6.85. The maximum Gasteiger partial charge on any atom is 0.262 e. The number of benzene rings is 2. The molecular weight excluding hydrogens is 412 g/mol. The van der Waals surface area contributed by atoms with Crippen LogP contribution in [0.4, 0.5) is 0 Å². The fraction of sp³-hybridized carbons (Fsp3) is 0.130. The second-order valence-corrected chi connectivity index (χ2v) is 7.24. The monoisotopic (exact) mass is 432 g/mol. The Bertz CT molecular complexity index is 1330. The number of H-pyrrole nitrogens is 1. The number of aromatic amines is 1. The van der Waals surface area contributed by atoms with E-state index in [0.29, 0.717) is 40.9 Å². The van der Waals surface area contributed by atoms with E-state index in [4.69, 9.17) is 17.0 Å². The Morgan fingerprint density at radius 3 is 2.42 bits per heavy atom. The molecule has 8 heteroatoms. The Labute approximate surface area is 183 Å². The van der Waals surface area contributed by atoms with E-state index in [9.17, 15) is 9.90 Å². The Kier molecular flexibility index (Phi) is 5.64. The molecule has 1 aliphatic rings. The summed E-state index contributed by atoms with van der Waals surface area (Å²) in [4.78, 5) is 23.9. The summed E-state index contributed by atoms with van der Waals surface area (Å²) in [5.74, 6) is 1.76. The minimum Gasteiger partial charge on any atom is -0.494 e. The van der Waals surface area contributed by atoms with Crippen LogP contribution < -0.4 is 10.3 Å². The Balaban J connectivity index is 1.72. The molecule has 3 aromatic rings. The van der Waals surface area contributed by atoms with Crippen LogP contribution in [0.25, 0.3) is 11.8 Å². The van der Waals surface area contributed by atoms with E-state index in [0.717, 1.165) is 0 Å². The lowest BCUT2D eigenvalue weighted by Crippen LogP contribution is -2.16. The van der Waals surface area contributed by atoms with Crippen LogP contribution in [0.1, 0.15) is 25.8 Å². The van der Waals surface area contributed by atoms with Gasteiger partial charge in [0.25, 0.3) is 5.56 Å². The zero-order chi connectivity index (χ0) is 22.0. The van der Waals surface area contributed by atoms with Gasteiger partial charge in [-0.05, 0) is 61.6 Å². The van der Waals surface area contributed by atoms with Crippen LogP contribution in [0.5, 0.6) is 17.4 Å². The van der Waals surface area contributed by atoms with Crippen molar-refractivity contribution in [2.24, 2.45) is 9.98 Å². The highest BCUT2D eigenvalue weighted by atomic mass is 32.1. The first-order valence-electron chi connectivity index (χ1n) is 9.73. The number of nitrogens with one attached hydrogen (secondary N) is 1. The van der Waals surface area contributed by atoms with E-state index >= 15 is 0 Å². The van der Waals surface area contributed by atoms with Gasteiger partial charge in [0.2, 0.25) is 5.88 Å². The van der Waals surface area contributed by atoms with Gasteiger partial charge in [0.15, 0.2) is 4.77 Å². The number of aromatic hydroxyl groups is 1. The van der Waals surface area contributed by atoms with Crippen molar-refractivity contribution < 1.29 is 9.84 Å². The molecule has 1 aliphatic heterocycles. The summed E-state index contributed by atoms with van der Waals surface area (Å²) in [5.41, 5.74) is 1.36. The fourth-order valence-corrected chi connectivity index (χ4v) is 3.41. The minimum absolute atomic E-state index is 0.0591. The van der Waals surface area contributed by atoms with E-state index in [-0.39, 0.29) is 16.2 Å². The molecule has 0 saturated heterocycles. The number of allylic oxidation sites excluding steroid dienone is 1. The number of hydrogen-bond acceptors (Lipinski definition) is 6. The van der Waals surface area contributed by atoms with Crippen molar-refractivity contribution in [1.82, 2.24) is 9.55 Å². The van der Waals surface area contributed by atoms with Gasteiger partial charge in [-0.1, -0.05) is 25.1 Å². The Hall–Kier alpha value is -3.78. The lowest BCUT2D eigenvalue weighted by molar-refractivity contribution is 0.431. The standard InChI is InChI=1S/C23H20N4O3S/c1-3-20-24-14(2)19(25-20)13-18-21(28)26-23(31)27(22(18)29)15-9-11-17(12-10-15)30-16-7-5-4-6-8-16/h4-13,29H,3H2,1-2H3,(H,26,28,31). The zero-order valence-corrected chi connectivity index (χ0v) is 17.8. The van der Waals surface area contributed by atoms with Gasteiger partial charge in [0, 0.05) is 6.42 Å². The van der Waals surface area contributed by atoms with Crippen LogP contribution in [-0.2, 0) is 0 Å². The lowest BCUT2D eigenvalue weighted by atomic mass is 10.2. The summed E-state index contributed by atoms with van der Waals surface area (Å²) >= 11 is 5.29. The van der Waals surface area contributed by atoms with E-state index in [2.05, 4.69) is 15.0 Å². The first-order chi connectivity index (χ1) is 15.0. The summed E-state index contributed by atoms with van der Waals surface area (Å²) in [5, 5.41) is 10.9. The number of rotatable bonds is 5. The Morgan fingerprint density at radius 1 is 1.10 bits per heavy atom. The molecule has 156 valence electrons. The van der Waals surface area contributed by atoms with Crippen molar-refractivity contribution in [3.63, 3.8) is 0 Å². The van der Waals surface area contributed by atoms with E-state index in [1.54, 1.807) is 24.3 Å². The second kappa shape index (κ2) is 8.53. The lowest BCUT2D eigenvalue weighted by Gasteiger charge is -2.12. The van der Waals surface area contributed by atoms with Crippen molar-refractivity contribution in [2.75, 3.05) is 0 Å². The van der Waals surface area contributed by atoms with Crippen LogP contribution in [0.15, 0.2) is 75.1 Å². The zero-order valence-electron chi connectivity index (χ0n) is 17.0. The van der Waals surface area contributed by atoms with Gasteiger partial charge in [-0.15, -0.1) is 0 Å². The van der Waals surface area contributed by atoms with Crippen LogP contribution in [0.2, 0.25) is 0 Å². The highest BCUT2D eigenvalue weighted by molar-refractivity contribution is 7.71. The number of aliphatic imine (C=N–C) groups is 2. The molecular formula is C23H20N4O3S. The minimum atomic E-state index is -0.497. The number of nitrogens with zero attached hydrogens (tertiary/aromatic N) is 3. The summed E-state index contributed by atoms with van der Waals surface area (Å²) in [6.07, 6.45) is 2.20. The molecule has 0 radical (unpaired) electrons. The number of para-hydroxylation sites is 1. The third-order valence-corrected chi connectivity index (χ3v) is 4.99. The molecule has 0 saturated carbocycles. The first-order valence-corrected chi connectivity index (χ1v) is 10.1. The fourth-order valence-electron chi connectivity index (χ4n) is 3.12. The highest BCUT2D eigenvalue weighted by Crippen LogP contribution is 2.26. The molecule has 2 aromatic carbocycles. The van der Waals surface area contributed by atoms with Crippen molar-refractivity contribution >= 4 is 29.8 Å². The first kappa shape index (κ1) is 20.5. The van der Waals surface area contributed by atoms with Gasteiger partial charge in [0.1, 0.15) is 22.9 Å². The van der Waals surface area contributed by atoms with Gasteiger partial charge in [-0.25, -0.2) is 9.98 Å². The molecule has 2 heterocycles. The summed E-state index contributed by atoms with van der Waals surface area (Å²) < 4.78 is 7.27. The predicted molar refractivity (Wildman–Crippen MR) is 124 cm³/mol. The number of ether oxygens (including phenoxy) is 1. The van der Waals surface area contributed by atoms with Crippen molar-refractivity contribution in [3.8, 4) is 23.1 Å². The number of amidine groups is 1. The third-order valence-electron chi connectivity index (χ3n) is 4.71. The molecule has 2 N–H and O–H groups in total. The van der Waals surface area contributed by atoms with Crippen LogP contribution in [0.3, 0.4) is 0 Å². The SMILES string of the molecule is CCC1=NC(=Cc2c(O)n(-c3ccc(Oc4ccccc4)cc3)c(=S)[nH]c2=O)C(C)=N1. The molecule has 0 spiro atoms. The maximum atomic E-state index is 12.5. The van der Waals surface area contributed by atoms with Gasteiger partial charge >= 0.3 is 0 Å².